The standard InChI is InChI=1S/C22H27FN2O3S/c1-16-8-9-17(2)21(14-16)29(27,28)25-12-10-18(11-13-25)22(26)24(3)15-19-6-4-5-7-20(19)23/h4-9,14,18H,10-13,15H2,1-3H3. The molecule has 0 unspecified atom stereocenters. The Hall–Kier alpha value is -2.25. The minimum atomic E-state index is -3.58. The summed E-state index contributed by atoms with van der Waals surface area (Å²) >= 11 is 0. The summed E-state index contributed by atoms with van der Waals surface area (Å²) in [5.74, 6) is -0.657. The lowest BCUT2D eigenvalue weighted by molar-refractivity contribution is -0.136. The summed E-state index contributed by atoms with van der Waals surface area (Å²) in [6.07, 6.45) is 0.926. The Labute approximate surface area is 172 Å². The van der Waals surface area contributed by atoms with E-state index in [1.165, 1.54) is 15.3 Å². The topological polar surface area (TPSA) is 57.7 Å². The van der Waals surface area contributed by atoms with Gasteiger partial charge in [0.2, 0.25) is 15.9 Å². The molecule has 156 valence electrons. The van der Waals surface area contributed by atoms with Crippen LogP contribution in [0.1, 0.15) is 29.5 Å². The fourth-order valence-electron chi connectivity index (χ4n) is 3.74. The second-order valence-corrected chi connectivity index (χ2v) is 9.64. The van der Waals surface area contributed by atoms with Crippen molar-refractivity contribution >= 4 is 15.9 Å². The number of sulfonamides is 1. The molecule has 0 N–H and O–H groups in total. The molecule has 0 saturated carbocycles. The van der Waals surface area contributed by atoms with Crippen LogP contribution in [0.15, 0.2) is 47.4 Å². The number of aryl methyl sites for hydroxylation is 2. The van der Waals surface area contributed by atoms with Gasteiger partial charge in [-0.15, -0.1) is 0 Å². The SMILES string of the molecule is Cc1ccc(C)c(S(=O)(=O)N2CCC(C(=O)N(C)Cc3ccccc3F)CC2)c1. The zero-order chi connectivity index (χ0) is 21.2. The molecule has 0 bridgehead atoms. The van der Waals surface area contributed by atoms with E-state index in [-0.39, 0.29) is 24.2 Å². The molecule has 1 fully saturated rings. The number of rotatable bonds is 5. The molecular weight excluding hydrogens is 391 g/mol. The van der Waals surface area contributed by atoms with E-state index in [1.807, 2.05) is 19.1 Å². The molecule has 0 spiro atoms. The fraction of sp³-hybridized carbons (Fsp3) is 0.409. The monoisotopic (exact) mass is 418 g/mol. The third kappa shape index (κ3) is 4.67. The van der Waals surface area contributed by atoms with Crippen molar-refractivity contribution in [3.05, 3.63) is 65.0 Å². The van der Waals surface area contributed by atoms with Crippen molar-refractivity contribution in [1.82, 2.24) is 9.21 Å². The van der Waals surface area contributed by atoms with E-state index in [4.69, 9.17) is 0 Å². The maximum Gasteiger partial charge on any atom is 0.243 e. The molecule has 0 aromatic heterocycles. The summed E-state index contributed by atoms with van der Waals surface area (Å²) in [6.45, 7) is 4.47. The summed E-state index contributed by atoms with van der Waals surface area (Å²) < 4.78 is 41.4. The molecule has 0 radical (unpaired) electrons. The number of carbonyl (C=O) groups excluding carboxylic acids is 1. The first-order valence-corrected chi connectivity index (χ1v) is 11.2. The number of hydrogen-bond acceptors (Lipinski definition) is 3. The molecule has 1 heterocycles. The van der Waals surface area contributed by atoms with Gasteiger partial charge >= 0.3 is 0 Å². The zero-order valence-electron chi connectivity index (χ0n) is 17.1. The van der Waals surface area contributed by atoms with E-state index >= 15 is 0 Å². The normalized spacial score (nSPS) is 16.0. The van der Waals surface area contributed by atoms with Gasteiger partial charge < -0.3 is 4.90 Å². The van der Waals surface area contributed by atoms with Gasteiger partial charge in [0.25, 0.3) is 0 Å². The average Bonchev–Trinajstić information content (AvgIpc) is 2.71. The molecule has 0 atom stereocenters. The first-order chi connectivity index (χ1) is 13.7. The molecule has 3 rings (SSSR count). The van der Waals surface area contributed by atoms with Gasteiger partial charge in [-0.3, -0.25) is 4.79 Å². The van der Waals surface area contributed by atoms with Crippen LogP contribution in [0.3, 0.4) is 0 Å². The molecule has 1 amide bonds. The lowest BCUT2D eigenvalue weighted by Gasteiger charge is -2.33. The highest BCUT2D eigenvalue weighted by molar-refractivity contribution is 7.89. The van der Waals surface area contributed by atoms with E-state index in [1.54, 1.807) is 38.2 Å². The zero-order valence-corrected chi connectivity index (χ0v) is 17.9. The van der Waals surface area contributed by atoms with Crippen molar-refractivity contribution in [3.8, 4) is 0 Å². The Balaban J connectivity index is 1.64. The molecule has 1 aliphatic rings. The highest BCUT2D eigenvalue weighted by Gasteiger charge is 2.33. The van der Waals surface area contributed by atoms with Crippen molar-refractivity contribution in [2.24, 2.45) is 5.92 Å². The Morgan fingerprint density at radius 3 is 2.45 bits per heavy atom. The second-order valence-electron chi connectivity index (χ2n) is 7.73. The summed E-state index contributed by atoms with van der Waals surface area (Å²) in [4.78, 5) is 14.6. The predicted molar refractivity (Wildman–Crippen MR) is 110 cm³/mol. The van der Waals surface area contributed by atoms with Crippen molar-refractivity contribution in [2.45, 2.75) is 38.1 Å². The van der Waals surface area contributed by atoms with Crippen LogP contribution in [-0.2, 0) is 21.4 Å². The van der Waals surface area contributed by atoms with Gasteiger partial charge in [0.15, 0.2) is 0 Å². The van der Waals surface area contributed by atoms with Crippen LogP contribution in [0.2, 0.25) is 0 Å². The number of benzene rings is 2. The lowest BCUT2D eigenvalue weighted by Crippen LogP contribution is -2.43. The van der Waals surface area contributed by atoms with Gasteiger partial charge in [-0.05, 0) is 49.9 Å². The molecule has 2 aromatic rings. The summed E-state index contributed by atoms with van der Waals surface area (Å²) in [5.41, 5.74) is 2.09. The number of nitrogens with zero attached hydrogens (tertiary/aromatic N) is 2. The lowest BCUT2D eigenvalue weighted by atomic mass is 9.96. The highest BCUT2D eigenvalue weighted by Crippen LogP contribution is 2.27. The van der Waals surface area contributed by atoms with Crippen LogP contribution >= 0.6 is 0 Å². The van der Waals surface area contributed by atoms with Crippen molar-refractivity contribution < 1.29 is 17.6 Å². The van der Waals surface area contributed by atoms with Crippen LogP contribution < -0.4 is 0 Å². The second kappa shape index (κ2) is 8.63. The molecule has 2 aromatic carbocycles. The largest absolute Gasteiger partial charge is 0.341 e. The number of amides is 1. The highest BCUT2D eigenvalue weighted by atomic mass is 32.2. The van der Waals surface area contributed by atoms with Crippen molar-refractivity contribution in [3.63, 3.8) is 0 Å². The summed E-state index contributed by atoms with van der Waals surface area (Å²) in [7, 11) is -1.92. The van der Waals surface area contributed by atoms with E-state index in [2.05, 4.69) is 0 Å². The van der Waals surface area contributed by atoms with E-state index < -0.39 is 10.0 Å². The van der Waals surface area contributed by atoms with Gasteiger partial charge in [-0.1, -0.05) is 30.3 Å². The molecule has 1 saturated heterocycles. The number of halogens is 1. The summed E-state index contributed by atoms with van der Waals surface area (Å²) in [6, 6.07) is 11.8. The number of carbonyl (C=O) groups is 1. The Bertz CT molecular complexity index is 999. The van der Waals surface area contributed by atoms with Crippen LogP contribution in [0.25, 0.3) is 0 Å². The van der Waals surface area contributed by atoms with Crippen LogP contribution in [-0.4, -0.2) is 43.7 Å². The first-order valence-electron chi connectivity index (χ1n) is 9.76. The van der Waals surface area contributed by atoms with Gasteiger partial charge in [0.1, 0.15) is 5.82 Å². The number of hydrogen-bond donors (Lipinski definition) is 0. The van der Waals surface area contributed by atoms with Crippen molar-refractivity contribution in [2.75, 3.05) is 20.1 Å². The minimum absolute atomic E-state index is 0.0722. The average molecular weight is 419 g/mol. The first kappa shape index (κ1) is 21.5. The Morgan fingerprint density at radius 1 is 1.14 bits per heavy atom. The quantitative estimate of drug-likeness (QED) is 0.747. The molecule has 29 heavy (non-hydrogen) atoms. The van der Waals surface area contributed by atoms with Gasteiger partial charge in [-0.2, -0.15) is 4.31 Å². The third-order valence-corrected chi connectivity index (χ3v) is 7.55. The Morgan fingerprint density at radius 2 is 1.79 bits per heavy atom. The maximum absolute atomic E-state index is 13.8. The van der Waals surface area contributed by atoms with Crippen LogP contribution in [0, 0.1) is 25.6 Å². The molecular formula is C22H27FN2O3S. The van der Waals surface area contributed by atoms with E-state index in [0.717, 1.165) is 11.1 Å². The molecule has 0 aliphatic carbocycles. The molecule has 1 aliphatic heterocycles. The third-order valence-electron chi connectivity index (χ3n) is 5.51. The number of piperidine rings is 1. The van der Waals surface area contributed by atoms with Crippen molar-refractivity contribution in [1.29, 1.82) is 0 Å². The predicted octanol–water partition coefficient (Wildman–Crippen LogP) is 3.50. The Kier molecular flexibility index (Phi) is 6.39. The van der Waals surface area contributed by atoms with Crippen LogP contribution in [0.4, 0.5) is 4.39 Å². The smallest absolute Gasteiger partial charge is 0.243 e. The molecule has 5 nitrogen and oxygen atoms in total. The van der Waals surface area contributed by atoms with Gasteiger partial charge in [0, 0.05) is 38.2 Å². The molecule has 7 heteroatoms. The van der Waals surface area contributed by atoms with Crippen LogP contribution in [0.5, 0.6) is 0 Å². The summed E-state index contributed by atoms with van der Waals surface area (Å²) in [5, 5.41) is 0. The van der Waals surface area contributed by atoms with E-state index in [0.29, 0.717) is 36.4 Å². The maximum atomic E-state index is 13.8. The van der Waals surface area contributed by atoms with Gasteiger partial charge in [0.05, 0.1) is 4.90 Å². The minimum Gasteiger partial charge on any atom is -0.341 e. The van der Waals surface area contributed by atoms with E-state index in [9.17, 15) is 17.6 Å². The fourth-order valence-corrected chi connectivity index (χ4v) is 5.52. The van der Waals surface area contributed by atoms with Gasteiger partial charge in [-0.25, -0.2) is 12.8 Å².